The third kappa shape index (κ3) is 4.35. The highest BCUT2D eigenvalue weighted by atomic mass is 32.2. The number of hydrogen-bond acceptors (Lipinski definition) is 3. The smallest absolute Gasteiger partial charge is 0.141 e. The Bertz CT molecular complexity index is 315. The molecular weight excluding hydrogens is 218 g/mol. The van der Waals surface area contributed by atoms with Crippen LogP contribution in [0, 0.1) is 6.92 Å². The van der Waals surface area contributed by atoms with Crippen LogP contribution in [0.5, 0.6) is 5.75 Å². The van der Waals surface area contributed by atoms with E-state index in [0.29, 0.717) is 0 Å². The van der Waals surface area contributed by atoms with Gasteiger partial charge < -0.3 is 10.1 Å². The first kappa shape index (κ1) is 13.2. The number of anilines is 1. The fraction of sp³-hybridized carbons (Fsp3) is 0.538. The summed E-state index contributed by atoms with van der Waals surface area (Å²) in [6, 6.07) is 6.21. The van der Waals surface area contributed by atoms with Crippen molar-refractivity contribution in [1.29, 1.82) is 0 Å². The van der Waals surface area contributed by atoms with Crippen LogP contribution in [-0.2, 0) is 0 Å². The van der Waals surface area contributed by atoms with Gasteiger partial charge in [-0.1, -0.05) is 13.0 Å². The van der Waals surface area contributed by atoms with E-state index in [2.05, 4.69) is 31.3 Å². The predicted octanol–water partition coefficient (Wildman–Crippen LogP) is 3.56. The zero-order chi connectivity index (χ0) is 11.8. The van der Waals surface area contributed by atoms with Gasteiger partial charge in [-0.3, -0.25) is 0 Å². The lowest BCUT2D eigenvalue weighted by atomic mass is 10.2. The zero-order valence-corrected chi connectivity index (χ0v) is 11.2. The van der Waals surface area contributed by atoms with E-state index in [4.69, 9.17) is 4.74 Å². The van der Waals surface area contributed by atoms with Crippen molar-refractivity contribution >= 4 is 17.4 Å². The molecular formula is C13H21NOS. The molecule has 0 saturated heterocycles. The molecule has 0 aromatic heterocycles. The highest BCUT2D eigenvalue weighted by Crippen LogP contribution is 2.25. The van der Waals surface area contributed by atoms with E-state index in [9.17, 15) is 0 Å². The number of rotatable bonds is 7. The van der Waals surface area contributed by atoms with E-state index in [-0.39, 0.29) is 0 Å². The molecule has 0 fully saturated rings. The lowest BCUT2D eigenvalue weighted by Crippen LogP contribution is -2.04. The fourth-order valence-electron chi connectivity index (χ4n) is 1.50. The van der Waals surface area contributed by atoms with Crippen LogP contribution in [0.3, 0.4) is 0 Å². The van der Waals surface area contributed by atoms with Gasteiger partial charge in [0.1, 0.15) is 5.75 Å². The van der Waals surface area contributed by atoms with Crippen molar-refractivity contribution in [3.63, 3.8) is 0 Å². The molecule has 0 amide bonds. The molecule has 1 aromatic rings. The molecule has 3 heteroatoms. The van der Waals surface area contributed by atoms with Crippen molar-refractivity contribution < 1.29 is 4.74 Å². The van der Waals surface area contributed by atoms with E-state index >= 15 is 0 Å². The Kier molecular flexibility index (Phi) is 6.16. The van der Waals surface area contributed by atoms with Crippen LogP contribution < -0.4 is 10.1 Å². The van der Waals surface area contributed by atoms with Gasteiger partial charge >= 0.3 is 0 Å². The predicted molar refractivity (Wildman–Crippen MR) is 73.8 cm³/mol. The van der Waals surface area contributed by atoms with Crippen molar-refractivity contribution in [2.75, 3.05) is 30.5 Å². The minimum atomic E-state index is 0.925. The highest BCUT2D eigenvalue weighted by Gasteiger charge is 2.01. The molecule has 1 N–H and O–H groups in total. The Morgan fingerprint density at radius 2 is 2.19 bits per heavy atom. The number of hydrogen-bond donors (Lipinski definition) is 1. The molecule has 0 unspecified atom stereocenters. The average molecular weight is 239 g/mol. The first-order chi connectivity index (χ1) is 7.77. The molecule has 0 atom stereocenters. The van der Waals surface area contributed by atoms with Gasteiger partial charge in [0.25, 0.3) is 0 Å². The standard InChI is InChI=1S/C13H21NOS/c1-4-16-9-5-8-14-12-10-11(2)6-7-13(12)15-3/h6-7,10,14H,4-5,8-9H2,1-3H3. The quantitative estimate of drug-likeness (QED) is 0.735. The second-order valence-electron chi connectivity index (χ2n) is 3.68. The third-order valence-electron chi connectivity index (χ3n) is 2.34. The summed E-state index contributed by atoms with van der Waals surface area (Å²) < 4.78 is 5.31. The molecule has 0 heterocycles. The SMILES string of the molecule is CCSCCCNc1cc(C)ccc1OC. The van der Waals surface area contributed by atoms with Gasteiger partial charge in [-0.25, -0.2) is 0 Å². The van der Waals surface area contributed by atoms with Crippen molar-refractivity contribution in [2.45, 2.75) is 20.3 Å². The number of nitrogens with one attached hydrogen (secondary N) is 1. The summed E-state index contributed by atoms with van der Waals surface area (Å²) in [7, 11) is 1.71. The third-order valence-corrected chi connectivity index (χ3v) is 3.33. The first-order valence-corrected chi connectivity index (χ1v) is 6.89. The van der Waals surface area contributed by atoms with E-state index in [0.717, 1.165) is 18.0 Å². The van der Waals surface area contributed by atoms with Crippen LogP contribution in [0.4, 0.5) is 5.69 Å². The molecule has 0 radical (unpaired) electrons. The monoisotopic (exact) mass is 239 g/mol. The van der Waals surface area contributed by atoms with Crippen LogP contribution in [0.15, 0.2) is 18.2 Å². The summed E-state index contributed by atoms with van der Waals surface area (Å²) in [4.78, 5) is 0. The molecule has 1 aromatic carbocycles. The van der Waals surface area contributed by atoms with E-state index in [1.165, 1.54) is 23.5 Å². The van der Waals surface area contributed by atoms with Crippen molar-refractivity contribution in [1.82, 2.24) is 0 Å². The maximum absolute atomic E-state index is 5.31. The Balaban J connectivity index is 2.42. The number of benzene rings is 1. The van der Waals surface area contributed by atoms with Gasteiger partial charge in [0, 0.05) is 6.54 Å². The number of aryl methyl sites for hydroxylation is 1. The maximum Gasteiger partial charge on any atom is 0.141 e. The first-order valence-electron chi connectivity index (χ1n) is 5.74. The van der Waals surface area contributed by atoms with Crippen LogP contribution in [-0.4, -0.2) is 25.2 Å². The molecule has 2 nitrogen and oxygen atoms in total. The van der Waals surface area contributed by atoms with Crippen LogP contribution in [0.1, 0.15) is 18.9 Å². The second kappa shape index (κ2) is 7.44. The van der Waals surface area contributed by atoms with Gasteiger partial charge in [0.15, 0.2) is 0 Å². The van der Waals surface area contributed by atoms with Crippen LogP contribution in [0.25, 0.3) is 0 Å². The minimum absolute atomic E-state index is 0.925. The second-order valence-corrected chi connectivity index (χ2v) is 5.07. The van der Waals surface area contributed by atoms with Gasteiger partial charge in [-0.15, -0.1) is 0 Å². The maximum atomic E-state index is 5.31. The summed E-state index contributed by atoms with van der Waals surface area (Å²) in [5.41, 5.74) is 2.36. The summed E-state index contributed by atoms with van der Waals surface area (Å²) in [6.45, 7) is 5.30. The van der Waals surface area contributed by atoms with Gasteiger partial charge in [-0.2, -0.15) is 11.8 Å². The van der Waals surface area contributed by atoms with Gasteiger partial charge in [-0.05, 0) is 42.5 Å². The largest absolute Gasteiger partial charge is 0.495 e. The highest BCUT2D eigenvalue weighted by molar-refractivity contribution is 7.99. The van der Waals surface area contributed by atoms with Crippen molar-refractivity contribution in [3.05, 3.63) is 23.8 Å². The topological polar surface area (TPSA) is 21.3 Å². The van der Waals surface area contributed by atoms with Crippen molar-refractivity contribution in [3.8, 4) is 5.75 Å². The lowest BCUT2D eigenvalue weighted by Gasteiger charge is -2.11. The number of thioether (sulfide) groups is 1. The Morgan fingerprint density at radius 3 is 2.88 bits per heavy atom. The van der Waals surface area contributed by atoms with Gasteiger partial charge in [0.05, 0.1) is 12.8 Å². The molecule has 1 rings (SSSR count). The van der Waals surface area contributed by atoms with E-state index in [1.807, 2.05) is 17.8 Å². The fourth-order valence-corrected chi connectivity index (χ4v) is 2.14. The average Bonchev–Trinajstić information content (AvgIpc) is 2.29. The number of methoxy groups -OCH3 is 1. The Hall–Kier alpha value is -0.830. The molecule has 16 heavy (non-hydrogen) atoms. The van der Waals surface area contributed by atoms with Crippen LogP contribution in [0.2, 0.25) is 0 Å². The Labute approximate surface area is 103 Å². The molecule has 90 valence electrons. The Morgan fingerprint density at radius 1 is 1.38 bits per heavy atom. The van der Waals surface area contributed by atoms with E-state index < -0.39 is 0 Å². The normalized spacial score (nSPS) is 10.2. The summed E-state index contributed by atoms with van der Waals surface area (Å²) in [5, 5.41) is 3.43. The summed E-state index contributed by atoms with van der Waals surface area (Å²) in [6.07, 6.45) is 1.19. The minimum Gasteiger partial charge on any atom is -0.495 e. The molecule has 0 aliphatic rings. The molecule has 0 bridgehead atoms. The van der Waals surface area contributed by atoms with E-state index in [1.54, 1.807) is 7.11 Å². The zero-order valence-electron chi connectivity index (χ0n) is 10.4. The summed E-state index contributed by atoms with van der Waals surface area (Å²) in [5.74, 6) is 3.35. The molecule has 0 aliphatic carbocycles. The number of ether oxygens (including phenoxy) is 1. The van der Waals surface area contributed by atoms with Crippen LogP contribution >= 0.6 is 11.8 Å². The molecule has 0 spiro atoms. The molecule has 0 aliphatic heterocycles. The summed E-state index contributed by atoms with van der Waals surface area (Å²) >= 11 is 1.99. The molecule has 0 saturated carbocycles. The van der Waals surface area contributed by atoms with Gasteiger partial charge in [0.2, 0.25) is 0 Å². The lowest BCUT2D eigenvalue weighted by molar-refractivity contribution is 0.416. The van der Waals surface area contributed by atoms with Crippen molar-refractivity contribution in [2.24, 2.45) is 0 Å².